The monoisotopic (exact) mass is 327 g/mol. The Morgan fingerprint density at radius 1 is 1.38 bits per heavy atom. The molecule has 2 N–H and O–H groups in total. The number of aromatic nitrogens is 1. The molecule has 2 amide bonds. The molecule has 2 fully saturated rings. The van der Waals surface area contributed by atoms with E-state index in [2.05, 4.69) is 10.3 Å². The molecule has 6 nitrogen and oxygen atoms in total. The van der Waals surface area contributed by atoms with E-state index in [4.69, 9.17) is 4.74 Å². The molecule has 3 heterocycles. The van der Waals surface area contributed by atoms with Crippen LogP contribution in [0.3, 0.4) is 0 Å². The fourth-order valence-corrected chi connectivity index (χ4v) is 3.87. The van der Waals surface area contributed by atoms with E-state index in [-0.39, 0.29) is 12.0 Å². The highest BCUT2D eigenvalue weighted by Gasteiger charge is 2.44. The van der Waals surface area contributed by atoms with Crippen LogP contribution in [0.1, 0.15) is 24.1 Å². The third-order valence-corrected chi connectivity index (χ3v) is 5.11. The zero-order valence-corrected chi connectivity index (χ0v) is 13.7. The molecule has 0 bridgehead atoms. The highest BCUT2D eigenvalue weighted by molar-refractivity contribution is 5.90. The molecule has 1 spiro atoms. The molecular formula is C18H21N3O3. The number of fused-ring (bicyclic) bond motifs is 1. The number of para-hydroxylation sites is 1. The predicted molar refractivity (Wildman–Crippen MR) is 89.8 cm³/mol. The van der Waals surface area contributed by atoms with Gasteiger partial charge in [0, 0.05) is 23.1 Å². The van der Waals surface area contributed by atoms with Gasteiger partial charge in [-0.05, 0) is 31.4 Å². The fourth-order valence-electron chi connectivity index (χ4n) is 3.87. The first-order chi connectivity index (χ1) is 11.6. The average Bonchev–Trinajstić information content (AvgIpc) is 3.08. The maximum atomic E-state index is 12.8. The van der Waals surface area contributed by atoms with Crippen LogP contribution in [0.25, 0.3) is 10.9 Å². The van der Waals surface area contributed by atoms with Crippen molar-refractivity contribution in [1.29, 1.82) is 0 Å². The van der Waals surface area contributed by atoms with Crippen molar-refractivity contribution in [2.75, 3.05) is 19.6 Å². The maximum absolute atomic E-state index is 12.8. The number of ether oxygens (including phenoxy) is 1. The van der Waals surface area contributed by atoms with E-state index in [1.807, 2.05) is 36.1 Å². The summed E-state index contributed by atoms with van der Waals surface area (Å²) < 4.78 is 5.45. The maximum Gasteiger partial charge on any atom is 0.407 e. The van der Waals surface area contributed by atoms with Gasteiger partial charge in [0.1, 0.15) is 5.60 Å². The summed E-state index contributed by atoms with van der Waals surface area (Å²) in [6, 6.07) is 8.04. The Kier molecular flexibility index (Phi) is 3.48. The van der Waals surface area contributed by atoms with Crippen LogP contribution in [-0.4, -0.2) is 47.1 Å². The third-order valence-electron chi connectivity index (χ3n) is 5.11. The number of likely N-dealkylation sites (tertiary alicyclic amines) is 1. The zero-order chi connectivity index (χ0) is 16.7. The summed E-state index contributed by atoms with van der Waals surface area (Å²) in [7, 11) is 0. The van der Waals surface area contributed by atoms with E-state index in [9.17, 15) is 9.59 Å². The molecule has 4 rings (SSSR count). The molecule has 1 atom stereocenters. The SMILES string of the molecule is Cc1[nH]c2ccccc2c1CC(=O)N1CCC[C@@]2(CNC(=O)O2)C1. The molecule has 6 heteroatoms. The second-order valence-electron chi connectivity index (χ2n) is 6.80. The topological polar surface area (TPSA) is 74.4 Å². The van der Waals surface area contributed by atoms with Crippen molar-refractivity contribution in [2.45, 2.75) is 31.8 Å². The molecule has 2 aliphatic rings. The number of hydrogen-bond acceptors (Lipinski definition) is 3. The number of carbonyl (C=O) groups excluding carboxylic acids is 2. The van der Waals surface area contributed by atoms with Gasteiger partial charge in [-0.2, -0.15) is 0 Å². The van der Waals surface area contributed by atoms with Gasteiger partial charge in [-0.25, -0.2) is 4.79 Å². The molecular weight excluding hydrogens is 306 g/mol. The minimum atomic E-state index is -0.541. The predicted octanol–water partition coefficient (Wildman–Crippen LogP) is 2.12. The van der Waals surface area contributed by atoms with Crippen LogP contribution in [0.2, 0.25) is 0 Å². The molecule has 0 saturated carbocycles. The van der Waals surface area contributed by atoms with Crippen molar-refractivity contribution in [3.8, 4) is 0 Å². The van der Waals surface area contributed by atoms with Gasteiger partial charge in [0.05, 0.1) is 19.5 Å². The first-order valence-electron chi connectivity index (χ1n) is 8.37. The van der Waals surface area contributed by atoms with Crippen LogP contribution in [-0.2, 0) is 16.0 Å². The number of nitrogens with one attached hydrogen (secondary N) is 2. The number of aryl methyl sites for hydroxylation is 1. The van der Waals surface area contributed by atoms with Gasteiger partial charge in [-0.1, -0.05) is 18.2 Å². The molecule has 126 valence electrons. The lowest BCUT2D eigenvalue weighted by atomic mass is 9.92. The van der Waals surface area contributed by atoms with E-state index in [1.165, 1.54) is 0 Å². The lowest BCUT2D eigenvalue weighted by molar-refractivity contribution is -0.136. The summed E-state index contributed by atoms with van der Waals surface area (Å²) in [5.41, 5.74) is 2.60. The fraction of sp³-hybridized carbons (Fsp3) is 0.444. The smallest absolute Gasteiger partial charge is 0.407 e. The number of hydrogen-bond donors (Lipinski definition) is 2. The average molecular weight is 327 g/mol. The Hall–Kier alpha value is -2.50. The summed E-state index contributed by atoms with van der Waals surface area (Å²) in [6.45, 7) is 3.69. The minimum Gasteiger partial charge on any atom is -0.439 e. The van der Waals surface area contributed by atoms with Crippen molar-refractivity contribution >= 4 is 22.9 Å². The molecule has 2 saturated heterocycles. The highest BCUT2D eigenvalue weighted by Crippen LogP contribution is 2.29. The van der Waals surface area contributed by atoms with Gasteiger partial charge in [-0.15, -0.1) is 0 Å². The summed E-state index contributed by atoms with van der Waals surface area (Å²) in [5, 5.41) is 3.82. The van der Waals surface area contributed by atoms with Gasteiger partial charge < -0.3 is 19.9 Å². The van der Waals surface area contributed by atoms with Crippen molar-refractivity contribution in [2.24, 2.45) is 0 Å². The van der Waals surface area contributed by atoms with E-state index in [0.29, 0.717) is 19.5 Å². The number of piperidine rings is 1. The van der Waals surface area contributed by atoms with Crippen molar-refractivity contribution in [3.63, 3.8) is 0 Å². The number of alkyl carbamates (subject to hydrolysis) is 1. The number of H-pyrrole nitrogens is 1. The number of carbonyl (C=O) groups is 2. The molecule has 1 aromatic heterocycles. The largest absolute Gasteiger partial charge is 0.439 e. The number of rotatable bonds is 2. The number of aromatic amines is 1. The van der Waals surface area contributed by atoms with Crippen molar-refractivity contribution < 1.29 is 14.3 Å². The van der Waals surface area contributed by atoms with Gasteiger partial charge >= 0.3 is 6.09 Å². The van der Waals surface area contributed by atoms with Crippen LogP contribution in [0.15, 0.2) is 24.3 Å². The molecule has 0 aliphatic carbocycles. The summed E-state index contributed by atoms with van der Waals surface area (Å²) in [6.07, 6.45) is 1.65. The summed E-state index contributed by atoms with van der Waals surface area (Å²) >= 11 is 0. The minimum absolute atomic E-state index is 0.0878. The van der Waals surface area contributed by atoms with Crippen LogP contribution >= 0.6 is 0 Å². The highest BCUT2D eigenvalue weighted by atomic mass is 16.6. The lowest BCUT2D eigenvalue weighted by Gasteiger charge is -2.38. The Morgan fingerprint density at radius 2 is 2.21 bits per heavy atom. The van der Waals surface area contributed by atoms with Crippen LogP contribution < -0.4 is 5.32 Å². The second kappa shape index (κ2) is 5.54. The zero-order valence-electron chi connectivity index (χ0n) is 13.7. The van der Waals surface area contributed by atoms with Crippen LogP contribution in [0.4, 0.5) is 4.79 Å². The van der Waals surface area contributed by atoms with E-state index in [0.717, 1.165) is 41.5 Å². The lowest BCUT2D eigenvalue weighted by Crippen LogP contribution is -2.52. The van der Waals surface area contributed by atoms with Gasteiger partial charge in [0.25, 0.3) is 0 Å². The normalized spacial score (nSPS) is 23.5. The summed E-state index contributed by atoms with van der Waals surface area (Å²) in [4.78, 5) is 29.4. The first-order valence-corrected chi connectivity index (χ1v) is 8.37. The quantitative estimate of drug-likeness (QED) is 0.887. The Balaban J connectivity index is 1.53. The van der Waals surface area contributed by atoms with Crippen molar-refractivity contribution in [1.82, 2.24) is 15.2 Å². The van der Waals surface area contributed by atoms with E-state index >= 15 is 0 Å². The van der Waals surface area contributed by atoms with Gasteiger partial charge in [-0.3, -0.25) is 4.79 Å². The van der Waals surface area contributed by atoms with Crippen molar-refractivity contribution in [3.05, 3.63) is 35.5 Å². The standard InChI is InChI=1S/C18H21N3O3/c1-12-14(13-5-2-3-6-15(13)20-12)9-16(22)21-8-4-7-18(11-21)10-19-17(23)24-18/h2-3,5-6,20H,4,7-11H2,1H3,(H,19,23)/t18-/m1/s1. The molecule has 2 aromatic rings. The number of amides is 2. The van der Waals surface area contributed by atoms with Crippen LogP contribution in [0, 0.1) is 6.92 Å². The number of nitrogens with zero attached hydrogens (tertiary/aromatic N) is 1. The molecule has 1 aromatic carbocycles. The molecule has 24 heavy (non-hydrogen) atoms. The van der Waals surface area contributed by atoms with E-state index in [1.54, 1.807) is 0 Å². The Labute approximate surface area is 140 Å². The van der Waals surface area contributed by atoms with Crippen LogP contribution in [0.5, 0.6) is 0 Å². The van der Waals surface area contributed by atoms with Gasteiger partial charge in [0.15, 0.2) is 0 Å². The first kappa shape index (κ1) is 15.1. The molecule has 2 aliphatic heterocycles. The van der Waals surface area contributed by atoms with Gasteiger partial charge in [0.2, 0.25) is 5.91 Å². The molecule has 0 radical (unpaired) electrons. The number of benzene rings is 1. The molecule has 0 unspecified atom stereocenters. The summed E-state index contributed by atoms with van der Waals surface area (Å²) in [5.74, 6) is 0.0878. The second-order valence-corrected chi connectivity index (χ2v) is 6.80. The Morgan fingerprint density at radius 3 is 3.00 bits per heavy atom. The third kappa shape index (κ3) is 2.52. The van der Waals surface area contributed by atoms with E-state index < -0.39 is 5.60 Å². The Bertz CT molecular complexity index is 813.